The maximum atomic E-state index is 14.0. The van der Waals surface area contributed by atoms with Crippen LogP contribution in [-0.4, -0.2) is 98.8 Å². The number of carbonyl (C=O) groups is 3. The molecule has 0 radical (unpaired) electrons. The summed E-state index contributed by atoms with van der Waals surface area (Å²) in [6, 6.07) is 9.04. The van der Waals surface area contributed by atoms with E-state index in [1.807, 2.05) is 0 Å². The fourth-order valence-electron chi connectivity index (χ4n) is 5.60. The molecule has 2 amide bonds. The van der Waals surface area contributed by atoms with Gasteiger partial charge in [-0.1, -0.05) is 48.0 Å². The Bertz CT molecular complexity index is 1850. The van der Waals surface area contributed by atoms with Gasteiger partial charge in [0.1, 0.15) is 17.6 Å². The summed E-state index contributed by atoms with van der Waals surface area (Å²) < 4.78 is 59.6. The number of nitrogens with two attached hydrogens (primary N) is 1. The Kier molecular flexibility index (Phi) is 13.1. The fourth-order valence-corrected chi connectivity index (χ4v) is 8.20. The minimum atomic E-state index is -3.97. The van der Waals surface area contributed by atoms with Crippen LogP contribution in [0.3, 0.4) is 0 Å². The number of hydrogen-bond donors (Lipinski definition) is 4. The largest absolute Gasteiger partial charge is 0.434 e. The molecule has 4 atom stereocenters. The first kappa shape index (κ1) is 38.1. The van der Waals surface area contributed by atoms with Gasteiger partial charge in [-0.2, -0.15) is 0 Å². The molecule has 0 saturated carbocycles. The number of sulfone groups is 1. The quantitative estimate of drug-likeness (QED) is 0.0888. The van der Waals surface area contributed by atoms with Crippen molar-refractivity contribution in [1.82, 2.24) is 19.9 Å². The number of para-hydroxylation sites is 2. The summed E-state index contributed by atoms with van der Waals surface area (Å²) >= 11 is 5.96. The van der Waals surface area contributed by atoms with Crippen molar-refractivity contribution in [3.63, 3.8) is 0 Å². The SMILES string of the molecule is CS(=O)(=O)N[C@@H](C/C=C/CO)C(=O)N1C[C@H](S(=O)(=O)Cc2ccc(Cl)cc2)C[C@H]1C(=O)N[C@H](CCCCN)C(=O)c1nc2ccccc2o1. The van der Waals surface area contributed by atoms with E-state index in [0.717, 1.165) is 11.2 Å². The zero-order chi connectivity index (χ0) is 35.8. The third-order valence-electron chi connectivity index (χ3n) is 8.02. The van der Waals surface area contributed by atoms with Crippen molar-refractivity contribution in [1.29, 1.82) is 0 Å². The van der Waals surface area contributed by atoms with E-state index in [0.29, 0.717) is 41.1 Å². The normalized spacial score (nSPS) is 18.2. The van der Waals surface area contributed by atoms with Crippen molar-refractivity contribution < 1.29 is 40.7 Å². The number of nitrogens with one attached hydrogen (secondary N) is 2. The molecule has 0 bridgehead atoms. The molecule has 2 heterocycles. The van der Waals surface area contributed by atoms with Crippen LogP contribution in [0.5, 0.6) is 0 Å². The second kappa shape index (κ2) is 16.8. The Morgan fingerprint density at radius 3 is 2.45 bits per heavy atom. The number of amides is 2. The van der Waals surface area contributed by atoms with Crippen LogP contribution in [0, 0.1) is 0 Å². The first-order chi connectivity index (χ1) is 23.2. The Morgan fingerprint density at radius 1 is 1.08 bits per heavy atom. The van der Waals surface area contributed by atoms with Gasteiger partial charge in [-0.3, -0.25) is 14.4 Å². The van der Waals surface area contributed by atoms with Gasteiger partial charge in [0.05, 0.1) is 29.9 Å². The van der Waals surface area contributed by atoms with Crippen molar-refractivity contribution in [3.05, 3.63) is 77.2 Å². The van der Waals surface area contributed by atoms with E-state index in [-0.39, 0.29) is 31.8 Å². The van der Waals surface area contributed by atoms with Crippen LogP contribution < -0.4 is 15.8 Å². The van der Waals surface area contributed by atoms with Gasteiger partial charge in [0.15, 0.2) is 15.4 Å². The predicted octanol–water partition coefficient (Wildman–Crippen LogP) is 1.72. The zero-order valence-electron chi connectivity index (χ0n) is 26.8. The molecule has 17 heteroatoms. The molecule has 0 spiro atoms. The van der Waals surface area contributed by atoms with E-state index < -0.39 is 73.1 Å². The van der Waals surface area contributed by atoms with Crippen molar-refractivity contribution in [2.24, 2.45) is 5.73 Å². The molecule has 1 aliphatic rings. The molecule has 0 aliphatic carbocycles. The van der Waals surface area contributed by atoms with Gasteiger partial charge >= 0.3 is 0 Å². The van der Waals surface area contributed by atoms with Gasteiger partial charge < -0.3 is 25.5 Å². The Balaban J connectivity index is 1.66. The zero-order valence-corrected chi connectivity index (χ0v) is 29.2. The Hall–Kier alpha value is -3.67. The van der Waals surface area contributed by atoms with Gasteiger partial charge in [-0.25, -0.2) is 26.5 Å². The number of nitrogens with zero attached hydrogens (tertiary/aromatic N) is 2. The molecule has 4 rings (SSSR count). The van der Waals surface area contributed by atoms with Crippen molar-refractivity contribution in [3.8, 4) is 0 Å². The number of rotatable bonds is 17. The van der Waals surface area contributed by atoms with Crippen LogP contribution in [0.1, 0.15) is 48.4 Å². The molecular formula is C32H40ClN5O9S2. The minimum Gasteiger partial charge on any atom is -0.434 e. The van der Waals surface area contributed by atoms with E-state index in [9.17, 15) is 36.3 Å². The highest BCUT2D eigenvalue weighted by atomic mass is 35.5. The fraction of sp³-hybridized carbons (Fsp3) is 0.438. The van der Waals surface area contributed by atoms with Crippen LogP contribution in [0.25, 0.3) is 11.1 Å². The second-order valence-electron chi connectivity index (χ2n) is 11.8. The van der Waals surface area contributed by atoms with E-state index in [1.54, 1.807) is 48.5 Å². The van der Waals surface area contributed by atoms with Crippen molar-refractivity contribution in [2.75, 3.05) is 26.0 Å². The van der Waals surface area contributed by atoms with Crippen molar-refractivity contribution >= 4 is 60.2 Å². The third kappa shape index (κ3) is 10.4. The molecule has 1 fully saturated rings. The summed E-state index contributed by atoms with van der Waals surface area (Å²) in [4.78, 5) is 46.9. The number of hydrogen-bond acceptors (Lipinski definition) is 11. The molecule has 2 aromatic carbocycles. The summed E-state index contributed by atoms with van der Waals surface area (Å²) in [7, 11) is -7.91. The van der Waals surface area contributed by atoms with Gasteiger partial charge in [0.2, 0.25) is 27.6 Å². The van der Waals surface area contributed by atoms with Gasteiger partial charge in [0, 0.05) is 11.6 Å². The maximum Gasteiger partial charge on any atom is 0.266 e. The van der Waals surface area contributed by atoms with Crippen LogP contribution in [-0.2, 0) is 35.2 Å². The van der Waals surface area contributed by atoms with E-state index in [4.69, 9.17) is 21.8 Å². The minimum absolute atomic E-state index is 0.156. The Morgan fingerprint density at radius 2 is 1.80 bits per heavy atom. The molecule has 1 aliphatic heterocycles. The number of unbranched alkanes of at least 4 members (excludes halogenated alkanes) is 1. The summed E-state index contributed by atoms with van der Waals surface area (Å²) in [6.45, 7) is -0.427. The summed E-state index contributed by atoms with van der Waals surface area (Å²) in [5.41, 5.74) is 6.93. The van der Waals surface area contributed by atoms with Crippen LogP contribution in [0.2, 0.25) is 5.02 Å². The van der Waals surface area contributed by atoms with Gasteiger partial charge in [-0.15, -0.1) is 0 Å². The number of aliphatic hydroxyl groups excluding tert-OH is 1. The third-order valence-corrected chi connectivity index (χ3v) is 11.1. The summed E-state index contributed by atoms with van der Waals surface area (Å²) in [5.74, 6) is -2.88. The lowest BCUT2D eigenvalue weighted by Gasteiger charge is -2.29. The van der Waals surface area contributed by atoms with Crippen LogP contribution in [0.15, 0.2) is 65.1 Å². The van der Waals surface area contributed by atoms with E-state index in [2.05, 4.69) is 15.0 Å². The number of ketones is 1. The van der Waals surface area contributed by atoms with Crippen LogP contribution in [0.4, 0.5) is 0 Å². The van der Waals surface area contributed by atoms with Crippen LogP contribution >= 0.6 is 11.6 Å². The van der Waals surface area contributed by atoms with Gasteiger partial charge in [0.25, 0.3) is 5.89 Å². The topological polar surface area (TPSA) is 219 Å². The highest BCUT2D eigenvalue weighted by Gasteiger charge is 2.47. The standard InChI is InChI=1S/C32H40ClN5O9S2/c1-48(43,44)37-26(10-5-7-17-39)32(42)38-19-23(49(45,46)20-21-12-14-22(33)15-13-21)18-27(38)30(41)35-25(9-4-6-16-34)29(40)31-36-24-8-2-3-11-28(24)47-31/h2-3,5,7-8,11-15,23,25-27,37,39H,4,6,9-10,16-20,34H2,1H3,(H,35,41)/b7-5+/t23-,25-,26+,27+/m1/s1. The summed E-state index contributed by atoms with van der Waals surface area (Å²) in [5, 5.41) is 11.1. The molecule has 0 unspecified atom stereocenters. The average molecular weight is 738 g/mol. The highest BCUT2D eigenvalue weighted by molar-refractivity contribution is 7.91. The Labute approximate surface area is 290 Å². The first-order valence-corrected chi connectivity index (χ1v) is 19.6. The molecule has 3 aromatic rings. The molecule has 14 nitrogen and oxygen atoms in total. The smallest absolute Gasteiger partial charge is 0.266 e. The number of Topliss-reactive ketones (excluding diaryl/α,β-unsaturated/α-hetero) is 1. The lowest BCUT2D eigenvalue weighted by Crippen LogP contribution is -2.55. The highest BCUT2D eigenvalue weighted by Crippen LogP contribution is 2.28. The molecule has 1 aromatic heterocycles. The number of carbonyl (C=O) groups excluding carboxylic acids is 3. The monoisotopic (exact) mass is 737 g/mol. The maximum absolute atomic E-state index is 14.0. The number of oxazole rings is 1. The van der Waals surface area contributed by atoms with E-state index in [1.165, 1.54) is 12.2 Å². The van der Waals surface area contributed by atoms with E-state index >= 15 is 0 Å². The number of aliphatic hydroxyl groups is 1. The summed E-state index contributed by atoms with van der Waals surface area (Å²) in [6.07, 6.45) is 4.25. The molecular weight excluding hydrogens is 698 g/mol. The van der Waals surface area contributed by atoms with Crippen molar-refractivity contribution in [2.45, 2.75) is 61.2 Å². The second-order valence-corrected chi connectivity index (χ2v) is 16.3. The molecule has 266 valence electrons. The molecule has 1 saturated heterocycles. The average Bonchev–Trinajstić information content (AvgIpc) is 3.70. The molecule has 5 N–H and O–H groups in total. The number of sulfonamides is 1. The molecule has 49 heavy (non-hydrogen) atoms. The number of fused-ring (bicyclic) bond motifs is 1. The lowest BCUT2D eigenvalue weighted by molar-refractivity contribution is -0.139. The first-order valence-electron chi connectivity index (χ1n) is 15.6. The number of halogens is 1. The van der Waals surface area contributed by atoms with Gasteiger partial charge in [-0.05, 0) is 68.5 Å². The number of aromatic nitrogens is 1. The number of benzene rings is 2. The lowest BCUT2D eigenvalue weighted by atomic mass is 10.0. The number of likely N-dealkylation sites (tertiary alicyclic amines) is 1. The predicted molar refractivity (Wildman–Crippen MR) is 184 cm³/mol.